The molecule has 0 radical (unpaired) electrons. The molecule has 19 heavy (non-hydrogen) atoms. The van der Waals surface area contributed by atoms with Crippen molar-refractivity contribution in [3.05, 3.63) is 0 Å². The van der Waals surface area contributed by atoms with Crippen LogP contribution in [0.25, 0.3) is 0 Å². The van der Waals surface area contributed by atoms with E-state index in [-0.39, 0.29) is 12.3 Å². The van der Waals surface area contributed by atoms with Crippen LogP contribution >= 0.6 is 11.8 Å². The van der Waals surface area contributed by atoms with Crippen LogP contribution in [-0.4, -0.2) is 41.7 Å². The number of carbonyl (C=O) groups is 2. The van der Waals surface area contributed by atoms with Gasteiger partial charge in [0.2, 0.25) is 5.91 Å². The fourth-order valence-corrected chi connectivity index (χ4v) is 2.91. The summed E-state index contributed by atoms with van der Waals surface area (Å²) in [6.45, 7) is 6.45. The predicted octanol–water partition coefficient (Wildman–Crippen LogP) is 1.91. The Balaban J connectivity index is 2.04. The molecule has 0 aromatic heterocycles. The number of amides is 2. The molecular formula is C13H24N2O3S. The van der Waals surface area contributed by atoms with Crippen LogP contribution < -0.4 is 10.6 Å². The van der Waals surface area contributed by atoms with E-state index in [0.29, 0.717) is 11.8 Å². The molecule has 1 unspecified atom stereocenters. The quantitative estimate of drug-likeness (QED) is 0.811. The molecule has 0 aliphatic carbocycles. The predicted molar refractivity (Wildman–Crippen MR) is 77.3 cm³/mol. The number of hydrogen-bond acceptors (Lipinski definition) is 4. The Morgan fingerprint density at radius 3 is 2.63 bits per heavy atom. The van der Waals surface area contributed by atoms with E-state index >= 15 is 0 Å². The molecule has 0 bridgehead atoms. The Morgan fingerprint density at radius 2 is 2.05 bits per heavy atom. The minimum absolute atomic E-state index is 0.0245. The number of alkyl carbamates (subject to hydrolysis) is 1. The molecule has 1 aliphatic rings. The van der Waals surface area contributed by atoms with Crippen LogP contribution in [0.2, 0.25) is 0 Å². The van der Waals surface area contributed by atoms with Crippen molar-refractivity contribution in [2.75, 3.05) is 18.8 Å². The number of nitrogens with one attached hydrogen (secondary N) is 2. The van der Waals surface area contributed by atoms with Crippen molar-refractivity contribution in [3.8, 4) is 0 Å². The van der Waals surface area contributed by atoms with Gasteiger partial charge in [-0.05, 0) is 39.4 Å². The van der Waals surface area contributed by atoms with Gasteiger partial charge in [-0.3, -0.25) is 4.79 Å². The summed E-state index contributed by atoms with van der Waals surface area (Å²) >= 11 is 1.91. The molecule has 1 atom stereocenters. The van der Waals surface area contributed by atoms with Crippen molar-refractivity contribution in [2.24, 2.45) is 0 Å². The van der Waals surface area contributed by atoms with Crippen LogP contribution in [0.3, 0.4) is 0 Å². The minimum Gasteiger partial charge on any atom is -0.444 e. The van der Waals surface area contributed by atoms with Crippen LogP contribution in [0, 0.1) is 0 Å². The molecule has 6 heteroatoms. The van der Waals surface area contributed by atoms with Gasteiger partial charge in [-0.1, -0.05) is 0 Å². The number of rotatable bonds is 5. The zero-order valence-corrected chi connectivity index (χ0v) is 12.8. The lowest BCUT2D eigenvalue weighted by molar-refractivity contribution is -0.120. The third kappa shape index (κ3) is 7.97. The highest BCUT2D eigenvalue weighted by Crippen LogP contribution is 2.25. The molecule has 1 saturated heterocycles. The average Bonchev–Trinajstić information content (AvgIpc) is 2.76. The van der Waals surface area contributed by atoms with Crippen molar-refractivity contribution in [3.63, 3.8) is 0 Å². The second-order valence-corrected chi connectivity index (χ2v) is 7.03. The molecule has 1 fully saturated rings. The van der Waals surface area contributed by atoms with Gasteiger partial charge in [0, 0.05) is 24.8 Å². The van der Waals surface area contributed by atoms with E-state index in [4.69, 9.17) is 4.74 Å². The lowest BCUT2D eigenvalue weighted by atomic mass is 10.2. The van der Waals surface area contributed by atoms with Crippen LogP contribution in [-0.2, 0) is 9.53 Å². The van der Waals surface area contributed by atoms with Crippen molar-refractivity contribution in [2.45, 2.75) is 50.9 Å². The highest BCUT2D eigenvalue weighted by atomic mass is 32.2. The molecule has 2 N–H and O–H groups in total. The van der Waals surface area contributed by atoms with E-state index in [1.165, 1.54) is 18.6 Å². The van der Waals surface area contributed by atoms with Gasteiger partial charge in [0.25, 0.3) is 0 Å². The second kappa shape index (κ2) is 7.62. The summed E-state index contributed by atoms with van der Waals surface area (Å²) in [5.41, 5.74) is -0.508. The summed E-state index contributed by atoms with van der Waals surface area (Å²) in [6, 6.07) is 0. The van der Waals surface area contributed by atoms with Gasteiger partial charge < -0.3 is 15.4 Å². The SMILES string of the molecule is CC(C)(C)OC(=O)NCCC(=O)NCC1CCCS1. The van der Waals surface area contributed by atoms with E-state index in [2.05, 4.69) is 10.6 Å². The highest BCUT2D eigenvalue weighted by Gasteiger charge is 2.17. The van der Waals surface area contributed by atoms with Crippen LogP contribution in [0.15, 0.2) is 0 Å². The first kappa shape index (κ1) is 16.1. The standard InChI is InChI=1S/C13H24N2O3S/c1-13(2,3)18-12(17)14-7-6-11(16)15-9-10-5-4-8-19-10/h10H,4-9H2,1-3H3,(H,14,17)(H,15,16). The molecular weight excluding hydrogens is 264 g/mol. The molecule has 1 aliphatic heterocycles. The van der Waals surface area contributed by atoms with E-state index in [9.17, 15) is 9.59 Å². The average molecular weight is 288 g/mol. The fourth-order valence-electron chi connectivity index (χ4n) is 1.71. The molecule has 2 amide bonds. The van der Waals surface area contributed by atoms with E-state index in [0.717, 1.165) is 6.54 Å². The Hall–Kier alpha value is -0.910. The third-order valence-corrected chi connectivity index (χ3v) is 3.97. The number of thioether (sulfide) groups is 1. The monoisotopic (exact) mass is 288 g/mol. The van der Waals surface area contributed by atoms with Gasteiger partial charge in [0.05, 0.1) is 0 Å². The topological polar surface area (TPSA) is 67.4 Å². The summed E-state index contributed by atoms with van der Waals surface area (Å²) in [4.78, 5) is 22.9. The molecule has 5 nitrogen and oxygen atoms in total. The maximum Gasteiger partial charge on any atom is 0.407 e. The lowest BCUT2D eigenvalue weighted by Gasteiger charge is -2.19. The van der Waals surface area contributed by atoms with Crippen molar-refractivity contribution >= 4 is 23.8 Å². The van der Waals surface area contributed by atoms with Crippen molar-refractivity contribution < 1.29 is 14.3 Å². The third-order valence-electron chi connectivity index (χ3n) is 2.57. The van der Waals surface area contributed by atoms with E-state index in [1.54, 1.807) is 20.8 Å². The molecule has 1 heterocycles. The maximum atomic E-state index is 11.6. The Morgan fingerprint density at radius 1 is 1.32 bits per heavy atom. The van der Waals surface area contributed by atoms with Gasteiger partial charge in [0.15, 0.2) is 0 Å². The largest absolute Gasteiger partial charge is 0.444 e. The molecule has 0 aromatic rings. The van der Waals surface area contributed by atoms with E-state index < -0.39 is 11.7 Å². The first-order valence-corrected chi connectivity index (χ1v) is 7.77. The second-order valence-electron chi connectivity index (χ2n) is 5.62. The number of ether oxygens (including phenoxy) is 1. The summed E-state index contributed by atoms with van der Waals surface area (Å²) in [6.07, 6.45) is 2.23. The number of carbonyl (C=O) groups excluding carboxylic acids is 2. The van der Waals surface area contributed by atoms with Crippen LogP contribution in [0.1, 0.15) is 40.0 Å². The first-order chi connectivity index (χ1) is 8.87. The summed E-state index contributed by atoms with van der Waals surface area (Å²) in [5, 5.41) is 6.02. The van der Waals surface area contributed by atoms with Gasteiger partial charge >= 0.3 is 6.09 Å². The smallest absolute Gasteiger partial charge is 0.407 e. The Kier molecular flexibility index (Phi) is 6.48. The summed E-state index contributed by atoms with van der Waals surface area (Å²) in [7, 11) is 0. The Bertz CT molecular complexity index is 310. The van der Waals surface area contributed by atoms with Gasteiger partial charge in [-0.25, -0.2) is 4.79 Å². The van der Waals surface area contributed by atoms with Gasteiger partial charge in [0.1, 0.15) is 5.60 Å². The van der Waals surface area contributed by atoms with Crippen LogP contribution in [0.5, 0.6) is 0 Å². The normalized spacial score (nSPS) is 19.0. The van der Waals surface area contributed by atoms with Crippen molar-refractivity contribution in [1.29, 1.82) is 0 Å². The maximum absolute atomic E-state index is 11.6. The molecule has 0 saturated carbocycles. The molecule has 0 spiro atoms. The summed E-state index contributed by atoms with van der Waals surface area (Å²) < 4.78 is 5.08. The van der Waals surface area contributed by atoms with Gasteiger partial charge in [-0.2, -0.15) is 11.8 Å². The molecule has 1 rings (SSSR count). The van der Waals surface area contributed by atoms with Crippen molar-refractivity contribution in [1.82, 2.24) is 10.6 Å². The zero-order chi connectivity index (χ0) is 14.3. The minimum atomic E-state index is -0.508. The molecule has 0 aromatic carbocycles. The lowest BCUT2D eigenvalue weighted by Crippen LogP contribution is -2.36. The van der Waals surface area contributed by atoms with E-state index in [1.807, 2.05) is 11.8 Å². The highest BCUT2D eigenvalue weighted by molar-refractivity contribution is 8.00. The van der Waals surface area contributed by atoms with Crippen LogP contribution in [0.4, 0.5) is 4.79 Å². The first-order valence-electron chi connectivity index (χ1n) is 6.72. The number of hydrogen-bond donors (Lipinski definition) is 2. The Labute approximate surface area is 119 Å². The fraction of sp³-hybridized carbons (Fsp3) is 0.846. The molecule has 110 valence electrons. The summed E-state index contributed by atoms with van der Waals surface area (Å²) in [5.74, 6) is 1.17. The van der Waals surface area contributed by atoms with Gasteiger partial charge in [-0.15, -0.1) is 0 Å². The zero-order valence-electron chi connectivity index (χ0n) is 12.0.